The summed E-state index contributed by atoms with van der Waals surface area (Å²) < 4.78 is 10.7. The summed E-state index contributed by atoms with van der Waals surface area (Å²) in [5.41, 5.74) is 0.817. The van der Waals surface area contributed by atoms with E-state index >= 15 is 0 Å². The summed E-state index contributed by atoms with van der Waals surface area (Å²) in [6.45, 7) is 3.50. The third-order valence-corrected chi connectivity index (χ3v) is 3.70. The molecule has 0 radical (unpaired) electrons. The number of quaternary nitrogens is 1. The zero-order valence-corrected chi connectivity index (χ0v) is 15.2. The maximum Gasteiger partial charge on any atom is 0.340 e. The molecule has 2 aromatic rings. The van der Waals surface area contributed by atoms with E-state index in [-0.39, 0.29) is 19.1 Å². The first-order valence-electron chi connectivity index (χ1n) is 8.65. The number of hydrogen-bond donors (Lipinski definition) is 2. The van der Waals surface area contributed by atoms with Crippen LogP contribution in [0.25, 0.3) is 0 Å². The van der Waals surface area contributed by atoms with Crippen molar-refractivity contribution in [3.63, 3.8) is 0 Å². The SMILES string of the molecule is CCOC(=O)c1ccccc1NC(=O)C[NH+](C)CCOc1ccccc1. The van der Waals surface area contributed by atoms with E-state index in [1.165, 1.54) is 0 Å². The molecule has 1 atom stereocenters. The molecule has 2 rings (SSSR count). The third kappa shape index (κ3) is 6.22. The van der Waals surface area contributed by atoms with Gasteiger partial charge in [-0.2, -0.15) is 0 Å². The van der Waals surface area contributed by atoms with Gasteiger partial charge in [0.15, 0.2) is 6.54 Å². The van der Waals surface area contributed by atoms with Gasteiger partial charge in [-0.15, -0.1) is 0 Å². The standard InChI is InChI=1S/C20H24N2O4/c1-3-25-20(24)17-11-7-8-12-18(17)21-19(23)15-22(2)13-14-26-16-9-5-4-6-10-16/h4-12H,3,13-15H2,1-2H3,(H,21,23)/p+1. The Hall–Kier alpha value is -2.86. The number of amides is 1. The van der Waals surface area contributed by atoms with E-state index in [1.807, 2.05) is 37.4 Å². The lowest BCUT2D eigenvalue weighted by molar-refractivity contribution is -0.871. The number of likely N-dealkylation sites (N-methyl/N-ethyl adjacent to an activating group) is 1. The van der Waals surface area contributed by atoms with Crippen LogP contribution < -0.4 is 15.0 Å². The highest BCUT2D eigenvalue weighted by Crippen LogP contribution is 2.16. The molecule has 1 unspecified atom stereocenters. The van der Waals surface area contributed by atoms with Gasteiger partial charge >= 0.3 is 5.97 Å². The van der Waals surface area contributed by atoms with E-state index in [2.05, 4.69) is 5.32 Å². The van der Waals surface area contributed by atoms with Gasteiger partial charge < -0.3 is 19.7 Å². The van der Waals surface area contributed by atoms with Crippen LogP contribution in [0.3, 0.4) is 0 Å². The van der Waals surface area contributed by atoms with Crippen molar-refractivity contribution in [2.75, 3.05) is 38.7 Å². The van der Waals surface area contributed by atoms with E-state index in [0.29, 0.717) is 24.4 Å². The van der Waals surface area contributed by atoms with Crippen LogP contribution in [0.5, 0.6) is 5.75 Å². The maximum absolute atomic E-state index is 12.3. The molecule has 0 aliphatic rings. The molecule has 138 valence electrons. The molecule has 26 heavy (non-hydrogen) atoms. The first-order chi connectivity index (χ1) is 12.6. The van der Waals surface area contributed by atoms with E-state index in [1.54, 1.807) is 31.2 Å². The smallest absolute Gasteiger partial charge is 0.340 e. The minimum absolute atomic E-state index is 0.168. The quantitative estimate of drug-likeness (QED) is 0.666. The number of anilines is 1. The summed E-state index contributed by atoms with van der Waals surface area (Å²) in [6.07, 6.45) is 0. The second-order valence-electron chi connectivity index (χ2n) is 5.86. The summed E-state index contributed by atoms with van der Waals surface area (Å²) in [4.78, 5) is 25.2. The number of hydrogen-bond acceptors (Lipinski definition) is 4. The van der Waals surface area contributed by atoms with Crippen LogP contribution in [0, 0.1) is 0 Å². The number of nitrogens with one attached hydrogen (secondary N) is 2. The van der Waals surface area contributed by atoms with Gasteiger partial charge in [0.05, 0.1) is 24.9 Å². The van der Waals surface area contributed by atoms with E-state index < -0.39 is 5.97 Å². The van der Waals surface area contributed by atoms with Gasteiger partial charge in [-0.1, -0.05) is 30.3 Å². The fourth-order valence-corrected chi connectivity index (χ4v) is 2.40. The van der Waals surface area contributed by atoms with Crippen LogP contribution in [0.15, 0.2) is 54.6 Å². The second-order valence-corrected chi connectivity index (χ2v) is 5.86. The van der Waals surface area contributed by atoms with E-state index in [0.717, 1.165) is 10.6 Å². The molecule has 0 heterocycles. The molecule has 0 spiro atoms. The molecule has 6 nitrogen and oxygen atoms in total. The van der Waals surface area contributed by atoms with Crippen molar-refractivity contribution in [2.45, 2.75) is 6.92 Å². The van der Waals surface area contributed by atoms with Crippen molar-refractivity contribution in [3.05, 3.63) is 60.2 Å². The average Bonchev–Trinajstić information content (AvgIpc) is 2.63. The van der Waals surface area contributed by atoms with Crippen LogP contribution in [0.4, 0.5) is 5.69 Å². The van der Waals surface area contributed by atoms with Crippen molar-refractivity contribution >= 4 is 17.6 Å². The van der Waals surface area contributed by atoms with E-state index in [9.17, 15) is 9.59 Å². The minimum atomic E-state index is -0.444. The van der Waals surface area contributed by atoms with Gasteiger partial charge in [0.1, 0.15) is 18.9 Å². The normalized spacial score (nSPS) is 11.5. The Balaban J connectivity index is 1.82. The Kier molecular flexibility index (Phi) is 7.64. The van der Waals surface area contributed by atoms with Crippen LogP contribution in [-0.2, 0) is 9.53 Å². The summed E-state index contributed by atoms with van der Waals surface area (Å²) >= 11 is 0. The number of esters is 1. The van der Waals surface area contributed by atoms with Crippen molar-refractivity contribution in [3.8, 4) is 5.75 Å². The highest BCUT2D eigenvalue weighted by atomic mass is 16.5. The Labute approximate surface area is 153 Å². The van der Waals surface area contributed by atoms with Crippen molar-refractivity contribution in [1.29, 1.82) is 0 Å². The van der Waals surface area contributed by atoms with Crippen molar-refractivity contribution in [2.24, 2.45) is 0 Å². The lowest BCUT2D eigenvalue weighted by atomic mass is 10.2. The first-order valence-corrected chi connectivity index (χ1v) is 8.65. The molecule has 0 saturated heterocycles. The molecule has 0 aromatic heterocycles. The van der Waals surface area contributed by atoms with Gasteiger partial charge in [-0.25, -0.2) is 4.79 Å². The molecule has 0 aliphatic carbocycles. The lowest BCUT2D eigenvalue weighted by Crippen LogP contribution is -3.10. The Morgan fingerprint density at radius 2 is 1.73 bits per heavy atom. The molecule has 0 aliphatic heterocycles. The Morgan fingerprint density at radius 1 is 1.04 bits per heavy atom. The number of rotatable bonds is 9. The van der Waals surface area contributed by atoms with Gasteiger partial charge in [-0.05, 0) is 31.2 Å². The van der Waals surface area contributed by atoms with Crippen LogP contribution in [0.1, 0.15) is 17.3 Å². The van der Waals surface area contributed by atoms with E-state index in [4.69, 9.17) is 9.47 Å². The fourth-order valence-electron chi connectivity index (χ4n) is 2.40. The summed E-state index contributed by atoms with van der Waals surface area (Å²) in [5.74, 6) is 0.201. The molecule has 0 saturated carbocycles. The zero-order chi connectivity index (χ0) is 18.8. The number of para-hydroxylation sites is 2. The lowest BCUT2D eigenvalue weighted by Gasteiger charge is -2.15. The first kappa shape index (κ1) is 19.5. The third-order valence-electron chi connectivity index (χ3n) is 3.70. The number of ether oxygens (including phenoxy) is 2. The molecular weight excluding hydrogens is 332 g/mol. The molecule has 6 heteroatoms. The summed E-state index contributed by atoms with van der Waals surface area (Å²) in [5, 5.41) is 2.79. The highest BCUT2D eigenvalue weighted by molar-refractivity contribution is 6.01. The van der Waals surface area contributed by atoms with Crippen LogP contribution in [-0.4, -0.2) is 45.2 Å². The molecule has 2 aromatic carbocycles. The predicted molar refractivity (Wildman–Crippen MR) is 99.6 cm³/mol. The van der Waals surface area contributed by atoms with Crippen molar-refractivity contribution in [1.82, 2.24) is 0 Å². The molecular formula is C20H25N2O4+. The molecule has 0 bridgehead atoms. The van der Waals surface area contributed by atoms with Gasteiger partial charge in [-0.3, -0.25) is 4.79 Å². The fraction of sp³-hybridized carbons (Fsp3) is 0.300. The number of carbonyl (C=O) groups is 2. The molecule has 1 amide bonds. The highest BCUT2D eigenvalue weighted by Gasteiger charge is 2.16. The number of carbonyl (C=O) groups excluding carboxylic acids is 2. The summed E-state index contributed by atoms with van der Waals surface area (Å²) in [7, 11) is 1.92. The monoisotopic (exact) mass is 357 g/mol. The van der Waals surface area contributed by atoms with Gasteiger partial charge in [0.2, 0.25) is 0 Å². The number of benzene rings is 2. The van der Waals surface area contributed by atoms with Crippen LogP contribution in [0.2, 0.25) is 0 Å². The predicted octanol–water partition coefficient (Wildman–Crippen LogP) is 1.40. The Morgan fingerprint density at radius 3 is 2.46 bits per heavy atom. The van der Waals surface area contributed by atoms with Gasteiger partial charge in [0.25, 0.3) is 5.91 Å². The average molecular weight is 357 g/mol. The minimum Gasteiger partial charge on any atom is -0.488 e. The molecule has 2 N–H and O–H groups in total. The second kappa shape index (κ2) is 10.2. The largest absolute Gasteiger partial charge is 0.488 e. The maximum atomic E-state index is 12.3. The zero-order valence-electron chi connectivity index (χ0n) is 15.2. The Bertz CT molecular complexity index is 719. The summed E-state index contributed by atoms with van der Waals surface area (Å²) in [6, 6.07) is 16.4. The topological polar surface area (TPSA) is 69.1 Å². The van der Waals surface area contributed by atoms with Crippen molar-refractivity contribution < 1.29 is 24.0 Å². The molecule has 0 fully saturated rings. The van der Waals surface area contributed by atoms with Gasteiger partial charge in [0, 0.05) is 0 Å². The van der Waals surface area contributed by atoms with Crippen LogP contribution >= 0.6 is 0 Å².